The number of halogens is 2. The van der Waals surface area contributed by atoms with Gasteiger partial charge >= 0.3 is 0 Å². The van der Waals surface area contributed by atoms with Crippen LogP contribution in [0.25, 0.3) is 30.3 Å². The summed E-state index contributed by atoms with van der Waals surface area (Å²) in [5, 5.41) is 1.45. The van der Waals surface area contributed by atoms with Crippen LogP contribution in [0.4, 0.5) is 5.69 Å². The minimum Gasteiger partial charge on any atom is -0.377 e. The summed E-state index contributed by atoms with van der Waals surface area (Å²) >= 11 is 13.3. The molecule has 6 heteroatoms. The molecule has 0 aliphatic heterocycles. The molecule has 1 nitrogen and oxygen atoms in total. The lowest BCUT2D eigenvalue weighted by Gasteiger charge is -2.26. The van der Waals surface area contributed by atoms with Crippen LogP contribution >= 0.6 is 65.9 Å². The summed E-state index contributed by atoms with van der Waals surface area (Å²) in [5.41, 5.74) is 8.77. The predicted octanol–water partition coefficient (Wildman–Crippen LogP) is 9.23. The molecule has 2 aliphatic carbocycles. The van der Waals surface area contributed by atoms with Gasteiger partial charge in [-0.05, 0) is 77.7 Å². The second kappa shape index (κ2) is 6.02. The number of benzene rings is 1. The van der Waals surface area contributed by atoms with E-state index in [1.807, 2.05) is 34.0 Å². The highest BCUT2D eigenvalue weighted by molar-refractivity contribution is 9.11. The van der Waals surface area contributed by atoms with Crippen molar-refractivity contribution in [3.05, 3.63) is 48.0 Å². The van der Waals surface area contributed by atoms with Gasteiger partial charge in [-0.25, -0.2) is 0 Å². The molecule has 30 heavy (non-hydrogen) atoms. The van der Waals surface area contributed by atoms with Crippen LogP contribution < -0.4 is 4.90 Å². The van der Waals surface area contributed by atoms with Gasteiger partial charge in [0.05, 0.1) is 7.57 Å². The summed E-state index contributed by atoms with van der Waals surface area (Å²) in [5.74, 6) is 0. The van der Waals surface area contributed by atoms with Gasteiger partial charge in [-0.3, -0.25) is 0 Å². The van der Waals surface area contributed by atoms with E-state index < -0.39 is 0 Å². The van der Waals surface area contributed by atoms with Crippen LogP contribution in [-0.4, -0.2) is 14.1 Å². The smallest absolute Gasteiger partial charge is 0.0708 e. The molecule has 3 heterocycles. The minimum atomic E-state index is -0.000939. The van der Waals surface area contributed by atoms with E-state index in [0.717, 1.165) is 0 Å². The summed E-state index contributed by atoms with van der Waals surface area (Å²) in [4.78, 5) is 6.66. The first-order valence-corrected chi connectivity index (χ1v) is 14.0. The molecule has 154 valence electrons. The van der Waals surface area contributed by atoms with Crippen molar-refractivity contribution in [3.8, 4) is 20.2 Å². The van der Waals surface area contributed by atoms with Crippen molar-refractivity contribution in [1.82, 2.24) is 0 Å². The van der Waals surface area contributed by atoms with E-state index >= 15 is 0 Å². The van der Waals surface area contributed by atoms with E-state index in [4.69, 9.17) is 0 Å². The highest BCUT2D eigenvalue weighted by Gasteiger charge is 2.45. The van der Waals surface area contributed by atoms with E-state index in [9.17, 15) is 0 Å². The van der Waals surface area contributed by atoms with Crippen LogP contribution in [0.1, 0.15) is 49.9 Å². The summed E-state index contributed by atoms with van der Waals surface area (Å²) in [6.07, 6.45) is 0. The molecule has 6 rings (SSSR count). The lowest BCUT2D eigenvalue weighted by Crippen LogP contribution is -2.17. The number of hydrogen-bond donors (Lipinski definition) is 0. The summed E-state index contributed by atoms with van der Waals surface area (Å²) in [6.45, 7) is 9.59. The molecule has 2 aliphatic rings. The fourth-order valence-electron chi connectivity index (χ4n) is 5.45. The molecule has 3 aromatic heterocycles. The Labute approximate surface area is 206 Å². The lowest BCUT2D eigenvalue weighted by atomic mass is 9.79. The summed E-state index contributed by atoms with van der Waals surface area (Å²) < 4.78 is 3.93. The Morgan fingerprint density at radius 2 is 1.30 bits per heavy atom. The molecule has 0 atom stereocenters. The van der Waals surface area contributed by atoms with E-state index in [2.05, 4.69) is 96.7 Å². The van der Waals surface area contributed by atoms with Crippen molar-refractivity contribution in [2.45, 2.75) is 38.5 Å². The highest BCUT2D eigenvalue weighted by atomic mass is 79.9. The molecular formula is C24H21Br2NS3. The highest BCUT2D eigenvalue weighted by Crippen LogP contribution is 2.64. The maximum atomic E-state index is 3.75. The van der Waals surface area contributed by atoms with Gasteiger partial charge in [-0.15, -0.1) is 34.0 Å². The normalized spacial score (nSPS) is 17.2. The van der Waals surface area contributed by atoms with Gasteiger partial charge < -0.3 is 4.90 Å². The van der Waals surface area contributed by atoms with E-state index in [1.165, 1.54) is 65.8 Å². The number of hydrogen-bond acceptors (Lipinski definition) is 4. The zero-order valence-electron chi connectivity index (χ0n) is 17.7. The standard InChI is InChI=1S/C24H21Br2NS3/c1-23(2)12-9-15(26)29-21(12)22-17(23)10-7-13(27(5)6)16-18(19(10)30-22)24(3,4)11-8-14(25)28-20(11)16/h7-9H,1-6H3. The van der Waals surface area contributed by atoms with Crippen molar-refractivity contribution in [2.75, 3.05) is 19.0 Å². The number of rotatable bonds is 1. The Balaban J connectivity index is 1.79. The Kier molecular flexibility index (Phi) is 4.01. The monoisotopic (exact) mass is 577 g/mol. The lowest BCUT2D eigenvalue weighted by molar-refractivity contribution is 0.664. The van der Waals surface area contributed by atoms with Crippen LogP contribution in [0, 0.1) is 0 Å². The Hall–Kier alpha value is -0.660. The molecule has 0 unspecified atom stereocenters. The molecule has 0 spiro atoms. The van der Waals surface area contributed by atoms with Gasteiger partial charge in [-0.2, -0.15) is 0 Å². The third kappa shape index (κ3) is 2.27. The molecule has 1 aromatic carbocycles. The SMILES string of the molecule is CN(C)c1cc2c3c(sc2c2c1-c1sc(Br)cc1C2(C)C)-c1sc(Br)cc1C3(C)C. The van der Waals surface area contributed by atoms with Crippen molar-refractivity contribution in [1.29, 1.82) is 0 Å². The van der Waals surface area contributed by atoms with Gasteiger partial charge in [0.1, 0.15) is 0 Å². The molecule has 4 aromatic rings. The molecule has 0 N–H and O–H groups in total. The van der Waals surface area contributed by atoms with Gasteiger partial charge in [0.25, 0.3) is 0 Å². The molecule has 0 saturated carbocycles. The molecule has 0 radical (unpaired) electrons. The van der Waals surface area contributed by atoms with Crippen LogP contribution in [-0.2, 0) is 10.8 Å². The van der Waals surface area contributed by atoms with Crippen LogP contribution in [0.5, 0.6) is 0 Å². The molecule has 0 bridgehead atoms. The zero-order valence-corrected chi connectivity index (χ0v) is 23.3. The van der Waals surface area contributed by atoms with Gasteiger partial charge in [0.15, 0.2) is 0 Å². The fourth-order valence-corrected chi connectivity index (χ4v) is 10.8. The number of fused-ring (bicyclic) bond motifs is 9. The third-order valence-corrected chi connectivity index (χ3v) is 11.6. The van der Waals surface area contributed by atoms with E-state index in [1.54, 1.807) is 0 Å². The van der Waals surface area contributed by atoms with Crippen molar-refractivity contribution in [2.24, 2.45) is 0 Å². The molecular weight excluding hydrogens is 558 g/mol. The van der Waals surface area contributed by atoms with Crippen molar-refractivity contribution in [3.63, 3.8) is 0 Å². The first-order valence-electron chi connectivity index (χ1n) is 9.95. The Bertz CT molecular complexity index is 1400. The third-order valence-electron chi connectivity index (χ3n) is 6.88. The second-order valence-corrected chi connectivity index (χ2v) is 15.4. The number of anilines is 1. The van der Waals surface area contributed by atoms with Gasteiger partial charge in [0, 0.05) is 55.5 Å². The maximum absolute atomic E-state index is 3.75. The average molecular weight is 579 g/mol. The van der Waals surface area contributed by atoms with Crippen molar-refractivity contribution >= 4 is 81.6 Å². The van der Waals surface area contributed by atoms with E-state index in [-0.39, 0.29) is 10.8 Å². The predicted molar refractivity (Wildman–Crippen MR) is 142 cm³/mol. The van der Waals surface area contributed by atoms with Crippen molar-refractivity contribution < 1.29 is 0 Å². The Morgan fingerprint density at radius 3 is 1.93 bits per heavy atom. The molecule has 0 saturated heterocycles. The Morgan fingerprint density at radius 1 is 0.733 bits per heavy atom. The summed E-state index contributed by atoms with van der Waals surface area (Å²) in [6, 6.07) is 7.14. The fraction of sp³-hybridized carbons (Fsp3) is 0.333. The zero-order chi connectivity index (χ0) is 21.3. The number of nitrogens with zero attached hydrogens (tertiary/aromatic N) is 1. The topological polar surface area (TPSA) is 3.24 Å². The van der Waals surface area contributed by atoms with Gasteiger partial charge in [-0.1, -0.05) is 27.7 Å². The quantitative estimate of drug-likeness (QED) is 0.217. The first-order chi connectivity index (χ1) is 14.0. The second-order valence-electron chi connectivity index (χ2n) is 9.56. The number of thiophene rings is 3. The molecule has 0 fully saturated rings. The van der Waals surface area contributed by atoms with Gasteiger partial charge in [0.2, 0.25) is 0 Å². The van der Waals surface area contributed by atoms with Crippen LogP contribution in [0.3, 0.4) is 0 Å². The van der Waals surface area contributed by atoms with Crippen LogP contribution in [0.2, 0.25) is 0 Å². The minimum absolute atomic E-state index is 0.000939. The van der Waals surface area contributed by atoms with Crippen LogP contribution in [0.15, 0.2) is 25.8 Å². The average Bonchev–Trinajstić information content (AvgIpc) is 3.38. The maximum Gasteiger partial charge on any atom is 0.0708 e. The summed E-state index contributed by atoms with van der Waals surface area (Å²) in [7, 11) is 4.36. The molecule has 0 amide bonds. The first kappa shape index (κ1) is 20.0. The van der Waals surface area contributed by atoms with E-state index in [0.29, 0.717) is 0 Å². The largest absolute Gasteiger partial charge is 0.377 e.